The zero-order valence-corrected chi connectivity index (χ0v) is 10.3. The Morgan fingerprint density at radius 1 is 1.59 bits per heavy atom. The molecule has 4 unspecified atom stereocenters. The van der Waals surface area contributed by atoms with E-state index in [1.165, 1.54) is 0 Å². The largest absolute Gasteiger partial charge is 0.394 e. The van der Waals surface area contributed by atoms with Gasteiger partial charge in [-0.3, -0.25) is 13.9 Å². The summed E-state index contributed by atoms with van der Waals surface area (Å²) < 4.78 is 15.4. The second-order valence-electron chi connectivity index (χ2n) is 3.49. The van der Waals surface area contributed by atoms with Gasteiger partial charge in [-0.05, 0) is 0 Å². The van der Waals surface area contributed by atoms with Gasteiger partial charge in [-0.2, -0.15) is 0 Å². The van der Waals surface area contributed by atoms with Crippen LogP contribution in [0.1, 0.15) is 6.92 Å². The summed E-state index contributed by atoms with van der Waals surface area (Å²) in [6.45, 7) is 1.36. The Hall–Kier alpha value is -0.790. The highest BCUT2D eigenvalue weighted by Gasteiger charge is 2.32. The van der Waals surface area contributed by atoms with Crippen LogP contribution in [0.2, 0.25) is 0 Å². The lowest BCUT2D eigenvalue weighted by molar-refractivity contribution is -0.125. The molecular weight excluding hydrogens is 253 g/mol. The van der Waals surface area contributed by atoms with Crippen LogP contribution in [0.25, 0.3) is 0 Å². The van der Waals surface area contributed by atoms with Gasteiger partial charge in [0, 0.05) is 13.6 Å². The standard InChI is InChI=1S/C8H16NO7P/c1-5(12)9-6(3-10)8(13)7(4-11)16-17(2,14)15/h4,6-8,10,13H,3H2,1-2H3,(H,9,12)(H,14,15). The Labute approximate surface area is 98.1 Å². The maximum absolute atomic E-state index is 10.9. The van der Waals surface area contributed by atoms with Crippen LogP contribution in [-0.4, -0.2) is 58.8 Å². The Morgan fingerprint density at radius 2 is 2.12 bits per heavy atom. The topological polar surface area (TPSA) is 133 Å². The molecule has 0 spiro atoms. The number of amides is 1. The van der Waals surface area contributed by atoms with E-state index in [0.29, 0.717) is 0 Å². The number of hydrogen-bond acceptors (Lipinski definition) is 6. The van der Waals surface area contributed by atoms with Crippen molar-refractivity contribution in [3.63, 3.8) is 0 Å². The number of carbonyl (C=O) groups is 2. The van der Waals surface area contributed by atoms with Crippen LogP contribution in [0.3, 0.4) is 0 Å². The van der Waals surface area contributed by atoms with Crippen LogP contribution in [0.15, 0.2) is 0 Å². The third-order valence-electron chi connectivity index (χ3n) is 1.79. The van der Waals surface area contributed by atoms with Crippen molar-refractivity contribution in [1.82, 2.24) is 5.32 Å². The molecule has 0 aliphatic carbocycles. The minimum Gasteiger partial charge on any atom is -0.394 e. The molecule has 0 saturated carbocycles. The van der Waals surface area contributed by atoms with Gasteiger partial charge in [0.15, 0.2) is 12.4 Å². The number of aliphatic hydroxyl groups is 2. The monoisotopic (exact) mass is 269 g/mol. The van der Waals surface area contributed by atoms with Crippen LogP contribution in [0.5, 0.6) is 0 Å². The summed E-state index contributed by atoms with van der Waals surface area (Å²) in [5.74, 6) is -0.531. The predicted molar refractivity (Wildman–Crippen MR) is 57.4 cm³/mol. The fraction of sp³-hybridized carbons (Fsp3) is 0.750. The van der Waals surface area contributed by atoms with E-state index in [2.05, 4.69) is 9.84 Å². The fourth-order valence-electron chi connectivity index (χ4n) is 1.12. The predicted octanol–water partition coefficient (Wildman–Crippen LogP) is -1.76. The van der Waals surface area contributed by atoms with E-state index >= 15 is 0 Å². The first-order valence-electron chi connectivity index (χ1n) is 4.71. The third-order valence-corrected chi connectivity index (χ3v) is 2.42. The van der Waals surface area contributed by atoms with Crippen molar-refractivity contribution in [3.8, 4) is 0 Å². The van der Waals surface area contributed by atoms with E-state index in [4.69, 9.17) is 10.00 Å². The number of carbonyl (C=O) groups excluding carboxylic acids is 2. The number of nitrogens with one attached hydrogen (secondary N) is 1. The van der Waals surface area contributed by atoms with Gasteiger partial charge in [-0.1, -0.05) is 0 Å². The molecule has 4 atom stereocenters. The second-order valence-corrected chi connectivity index (χ2v) is 5.31. The van der Waals surface area contributed by atoms with E-state index in [1.54, 1.807) is 0 Å². The number of rotatable bonds is 7. The molecule has 9 heteroatoms. The first kappa shape index (κ1) is 16.2. The molecule has 0 rings (SSSR count). The number of aldehydes is 1. The average molecular weight is 269 g/mol. The minimum atomic E-state index is -3.96. The molecule has 0 aromatic carbocycles. The van der Waals surface area contributed by atoms with Crippen LogP contribution in [0.4, 0.5) is 0 Å². The maximum Gasteiger partial charge on any atom is 0.325 e. The molecule has 0 saturated heterocycles. The highest BCUT2D eigenvalue weighted by atomic mass is 31.2. The molecule has 0 bridgehead atoms. The molecule has 17 heavy (non-hydrogen) atoms. The third kappa shape index (κ3) is 6.50. The van der Waals surface area contributed by atoms with E-state index in [-0.39, 0.29) is 6.29 Å². The van der Waals surface area contributed by atoms with E-state index in [1.807, 2.05) is 0 Å². The van der Waals surface area contributed by atoms with Crippen molar-refractivity contribution in [2.75, 3.05) is 13.3 Å². The van der Waals surface area contributed by atoms with Gasteiger partial charge < -0.3 is 25.2 Å². The summed E-state index contributed by atoms with van der Waals surface area (Å²) in [4.78, 5) is 30.3. The molecule has 0 aliphatic rings. The van der Waals surface area contributed by atoms with E-state index in [9.17, 15) is 19.3 Å². The Morgan fingerprint density at radius 3 is 2.41 bits per heavy atom. The molecule has 1 amide bonds. The van der Waals surface area contributed by atoms with Crippen molar-refractivity contribution in [3.05, 3.63) is 0 Å². The molecule has 100 valence electrons. The lowest BCUT2D eigenvalue weighted by Crippen LogP contribution is -2.51. The molecule has 0 heterocycles. The SMILES string of the molecule is CC(=O)NC(CO)C(O)C(C=O)OP(C)(=O)O. The molecule has 0 fully saturated rings. The van der Waals surface area contributed by atoms with Crippen LogP contribution in [0, 0.1) is 0 Å². The second kappa shape index (κ2) is 6.83. The highest BCUT2D eigenvalue weighted by Crippen LogP contribution is 2.38. The minimum absolute atomic E-state index is 0.127. The Balaban J connectivity index is 4.70. The van der Waals surface area contributed by atoms with Crippen molar-refractivity contribution < 1.29 is 33.8 Å². The molecule has 0 aromatic rings. The number of aliphatic hydroxyl groups excluding tert-OH is 2. The average Bonchev–Trinajstić information content (AvgIpc) is 2.20. The van der Waals surface area contributed by atoms with Crippen molar-refractivity contribution >= 4 is 19.8 Å². The van der Waals surface area contributed by atoms with Crippen molar-refractivity contribution in [2.45, 2.75) is 25.2 Å². The zero-order valence-electron chi connectivity index (χ0n) is 9.44. The summed E-state index contributed by atoms with van der Waals surface area (Å²) >= 11 is 0. The first-order chi connectivity index (χ1) is 7.71. The lowest BCUT2D eigenvalue weighted by Gasteiger charge is -2.26. The van der Waals surface area contributed by atoms with Gasteiger partial charge in [0.2, 0.25) is 5.91 Å². The molecule has 0 radical (unpaired) electrons. The lowest BCUT2D eigenvalue weighted by atomic mass is 10.1. The van der Waals surface area contributed by atoms with Crippen molar-refractivity contribution in [1.29, 1.82) is 0 Å². The van der Waals surface area contributed by atoms with Gasteiger partial charge in [0.05, 0.1) is 12.6 Å². The van der Waals surface area contributed by atoms with Gasteiger partial charge in [-0.25, -0.2) is 0 Å². The van der Waals surface area contributed by atoms with E-state index < -0.39 is 38.4 Å². The summed E-state index contributed by atoms with van der Waals surface area (Å²) in [6, 6.07) is -1.16. The summed E-state index contributed by atoms with van der Waals surface area (Å²) in [7, 11) is -3.96. The Bertz CT molecular complexity index is 315. The summed E-state index contributed by atoms with van der Waals surface area (Å²) in [6.07, 6.45) is -3.11. The van der Waals surface area contributed by atoms with Gasteiger partial charge in [0.25, 0.3) is 0 Å². The van der Waals surface area contributed by atoms with Crippen molar-refractivity contribution in [2.24, 2.45) is 0 Å². The van der Waals surface area contributed by atoms with Gasteiger partial charge in [-0.15, -0.1) is 0 Å². The first-order valence-corrected chi connectivity index (χ1v) is 6.73. The van der Waals surface area contributed by atoms with Crippen LogP contribution in [-0.2, 0) is 18.7 Å². The molecule has 4 N–H and O–H groups in total. The molecule has 8 nitrogen and oxygen atoms in total. The van der Waals surface area contributed by atoms with Gasteiger partial charge in [0.1, 0.15) is 6.10 Å². The molecule has 0 aromatic heterocycles. The van der Waals surface area contributed by atoms with Crippen LogP contribution >= 0.6 is 7.60 Å². The Kier molecular flexibility index (Phi) is 6.51. The fourth-order valence-corrected chi connectivity index (χ4v) is 1.75. The summed E-state index contributed by atoms with van der Waals surface area (Å²) in [5, 5.41) is 20.7. The zero-order chi connectivity index (χ0) is 13.6. The smallest absolute Gasteiger partial charge is 0.325 e. The maximum atomic E-state index is 10.9. The normalized spacial score (nSPS) is 19.8. The molecule has 0 aliphatic heterocycles. The van der Waals surface area contributed by atoms with Gasteiger partial charge >= 0.3 is 7.60 Å². The van der Waals surface area contributed by atoms with E-state index in [0.717, 1.165) is 13.6 Å². The highest BCUT2D eigenvalue weighted by molar-refractivity contribution is 7.51. The quantitative estimate of drug-likeness (QED) is 0.318. The number of hydrogen-bond donors (Lipinski definition) is 4. The summed E-state index contributed by atoms with van der Waals surface area (Å²) in [5.41, 5.74) is 0. The van der Waals surface area contributed by atoms with Crippen LogP contribution < -0.4 is 5.32 Å². The molecular formula is C8H16NO7P.